The summed E-state index contributed by atoms with van der Waals surface area (Å²) in [5.74, 6) is 3.00. The van der Waals surface area contributed by atoms with E-state index in [1.807, 2.05) is 18.2 Å². The van der Waals surface area contributed by atoms with Crippen molar-refractivity contribution in [3.8, 4) is 0 Å². The number of nitrogens with zero attached hydrogens (tertiary/aromatic N) is 1. The summed E-state index contributed by atoms with van der Waals surface area (Å²) in [5.41, 5.74) is -0.398. The van der Waals surface area contributed by atoms with Gasteiger partial charge in [-0.1, -0.05) is 6.07 Å². The molecule has 4 bridgehead atoms. The molecule has 0 radical (unpaired) electrons. The van der Waals surface area contributed by atoms with E-state index in [0.717, 1.165) is 50.4 Å². The van der Waals surface area contributed by atoms with Gasteiger partial charge in [0.25, 0.3) is 0 Å². The second kappa shape index (κ2) is 6.85. The van der Waals surface area contributed by atoms with Gasteiger partial charge >= 0.3 is 0 Å². The van der Waals surface area contributed by atoms with Crippen molar-refractivity contribution >= 4 is 23.5 Å². The Morgan fingerprint density at radius 3 is 1.43 bits per heavy atom. The maximum absolute atomic E-state index is 13.0. The molecule has 6 aliphatic rings. The molecule has 0 aromatic carbocycles. The standard InChI is InChI=1S/C23H31N3O2/c27-20(22-10-4-16(5-11-22)6-12-22)25-18-2-1-3-19(24-18)26-21(28)23-13-7-17(8-14-23)9-15-23/h1-3,16-17H,4-15H2,(H2,24,25,26,27,28). The predicted octanol–water partition coefficient (Wildman–Crippen LogP) is 4.90. The molecule has 6 fully saturated rings. The van der Waals surface area contributed by atoms with Gasteiger partial charge in [-0.15, -0.1) is 0 Å². The Bertz CT molecular complexity index is 685. The van der Waals surface area contributed by atoms with Gasteiger partial charge in [0.15, 0.2) is 0 Å². The van der Waals surface area contributed by atoms with E-state index in [4.69, 9.17) is 0 Å². The molecule has 5 heteroatoms. The molecule has 0 aliphatic heterocycles. The van der Waals surface area contributed by atoms with E-state index in [-0.39, 0.29) is 22.6 Å². The van der Waals surface area contributed by atoms with Crippen LogP contribution in [0.3, 0.4) is 0 Å². The number of carbonyl (C=O) groups is 2. The van der Waals surface area contributed by atoms with Crippen LogP contribution in [0.4, 0.5) is 11.6 Å². The summed E-state index contributed by atoms with van der Waals surface area (Å²) >= 11 is 0. The van der Waals surface area contributed by atoms with E-state index < -0.39 is 0 Å². The lowest BCUT2D eigenvalue weighted by atomic mass is 9.60. The SMILES string of the molecule is O=C(Nc1cccc(NC(=O)C23CCC(CC2)CC3)n1)C12CCC(CC1)CC2. The maximum Gasteiger partial charge on any atom is 0.231 e. The number of fused-ring (bicyclic) bond motifs is 6. The largest absolute Gasteiger partial charge is 0.310 e. The summed E-state index contributed by atoms with van der Waals surface area (Å²) in [6.07, 6.45) is 13.1. The van der Waals surface area contributed by atoms with Crippen LogP contribution in [0.5, 0.6) is 0 Å². The van der Waals surface area contributed by atoms with Crippen molar-refractivity contribution < 1.29 is 9.59 Å². The molecule has 6 saturated carbocycles. The minimum Gasteiger partial charge on any atom is -0.310 e. The molecular formula is C23H31N3O2. The van der Waals surface area contributed by atoms with Crippen molar-refractivity contribution in [2.75, 3.05) is 10.6 Å². The lowest BCUT2D eigenvalue weighted by Gasteiger charge is -2.45. The summed E-state index contributed by atoms with van der Waals surface area (Å²) in [5, 5.41) is 6.10. The van der Waals surface area contributed by atoms with E-state index >= 15 is 0 Å². The van der Waals surface area contributed by atoms with Crippen LogP contribution in [-0.4, -0.2) is 16.8 Å². The second-order valence-electron chi connectivity index (χ2n) is 9.84. The summed E-state index contributed by atoms with van der Waals surface area (Å²) in [6.45, 7) is 0. The van der Waals surface area contributed by atoms with Gasteiger partial charge in [-0.2, -0.15) is 0 Å². The Balaban J connectivity index is 1.26. The molecule has 0 atom stereocenters. The second-order valence-corrected chi connectivity index (χ2v) is 9.84. The van der Waals surface area contributed by atoms with Gasteiger partial charge in [0.1, 0.15) is 11.6 Å². The molecule has 7 rings (SSSR count). The molecule has 28 heavy (non-hydrogen) atoms. The average Bonchev–Trinajstić information content (AvgIpc) is 2.76. The van der Waals surface area contributed by atoms with E-state index in [1.54, 1.807) is 0 Å². The number of pyridine rings is 1. The zero-order chi connectivity index (χ0) is 19.2. The van der Waals surface area contributed by atoms with E-state index in [9.17, 15) is 9.59 Å². The molecule has 0 saturated heterocycles. The maximum atomic E-state index is 13.0. The van der Waals surface area contributed by atoms with Crippen molar-refractivity contribution in [2.45, 2.75) is 77.0 Å². The Labute approximate surface area is 167 Å². The van der Waals surface area contributed by atoms with Crippen molar-refractivity contribution in [3.05, 3.63) is 18.2 Å². The van der Waals surface area contributed by atoms with Crippen molar-refractivity contribution in [2.24, 2.45) is 22.7 Å². The molecule has 2 N–H and O–H groups in total. The summed E-state index contributed by atoms with van der Waals surface area (Å²) < 4.78 is 0. The number of carbonyl (C=O) groups excluding carboxylic acids is 2. The average molecular weight is 382 g/mol. The fourth-order valence-electron chi connectivity index (χ4n) is 6.25. The molecule has 6 aliphatic carbocycles. The minimum atomic E-state index is -0.199. The van der Waals surface area contributed by atoms with E-state index in [0.29, 0.717) is 11.6 Å². The third-order valence-electron chi connectivity index (χ3n) is 8.38. The molecular weight excluding hydrogens is 350 g/mol. The first-order chi connectivity index (χ1) is 13.6. The fraction of sp³-hybridized carbons (Fsp3) is 0.696. The van der Waals surface area contributed by atoms with Crippen molar-refractivity contribution in [3.63, 3.8) is 0 Å². The zero-order valence-corrected chi connectivity index (χ0v) is 16.6. The third-order valence-corrected chi connectivity index (χ3v) is 8.38. The van der Waals surface area contributed by atoms with Crippen LogP contribution in [0.1, 0.15) is 77.0 Å². The first-order valence-corrected chi connectivity index (χ1v) is 11.2. The topological polar surface area (TPSA) is 71.1 Å². The van der Waals surface area contributed by atoms with Crippen LogP contribution in [0.2, 0.25) is 0 Å². The van der Waals surface area contributed by atoms with Gasteiger partial charge in [-0.25, -0.2) is 4.98 Å². The van der Waals surface area contributed by atoms with Crippen LogP contribution in [0, 0.1) is 22.7 Å². The quantitative estimate of drug-likeness (QED) is 0.779. The highest BCUT2D eigenvalue weighted by atomic mass is 16.2. The van der Waals surface area contributed by atoms with Gasteiger partial charge in [0, 0.05) is 10.8 Å². The van der Waals surface area contributed by atoms with Crippen LogP contribution in [0.25, 0.3) is 0 Å². The molecule has 2 amide bonds. The Kier molecular flexibility index (Phi) is 4.44. The Hall–Kier alpha value is -1.91. The summed E-state index contributed by atoms with van der Waals surface area (Å²) in [7, 11) is 0. The fourth-order valence-corrected chi connectivity index (χ4v) is 6.25. The van der Waals surface area contributed by atoms with Gasteiger partial charge in [-0.05, 0) is 101 Å². The lowest BCUT2D eigenvalue weighted by molar-refractivity contribution is -0.131. The first kappa shape index (κ1) is 18.1. The van der Waals surface area contributed by atoms with Crippen LogP contribution < -0.4 is 10.6 Å². The highest BCUT2D eigenvalue weighted by Crippen LogP contribution is 2.51. The van der Waals surface area contributed by atoms with Gasteiger partial charge in [-0.3, -0.25) is 9.59 Å². The zero-order valence-electron chi connectivity index (χ0n) is 16.6. The minimum absolute atomic E-state index is 0.117. The molecule has 5 nitrogen and oxygen atoms in total. The molecule has 1 aromatic rings. The number of amides is 2. The number of nitrogens with one attached hydrogen (secondary N) is 2. The van der Waals surface area contributed by atoms with Crippen LogP contribution in [-0.2, 0) is 9.59 Å². The number of rotatable bonds is 4. The van der Waals surface area contributed by atoms with Gasteiger partial charge < -0.3 is 10.6 Å². The van der Waals surface area contributed by atoms with Crippen LogP contribution in [0.15, 0.2) is 18.2 Å². The molecule has 1 heterocycles. The molecule has 150 valence electrons. The Morgan fingerprint density at radius 2 is 1.07 bits per heavy atom. The van der Waals surface area contributed by atoms with Gasteiger partial charge in [0.2, 0.25) is 11.8 Å². The normalized spacial score (nSPS) is 36.1. The monoisotopic (exact) mass is 381 g/mol. The first-order valence-electron chi connectivity index (χ1n) is 11.2. The smallest absolute Gasteiger partial charge is 0.231 e. The third kappa shape index (κ3) is 3.13. The van der Waals surface area contributed by atoms with E-state index in [2.05, 4.69) is 15.6 Å². The number of anilines is 2. The number of aromatic nitrogens is 1. The lowest BCUT2D eigenvalue weighted by Crippen LogP contribution is -2.44. The van der Waals surface area contributed by atoms with Crippen LogP contribution >= 0.6 is 0 Å². The van der Waals surface area contributed by atoms with E-state index in [1.165, 1.54) is 38.5 Å². The van der Waals surface area contributed by atoms with Crippen molar-refractivity contribution in [1.82, 2.24) is 4.98 Å². The number of hydrogen-bond acceptors (Lipinski definition) is 3. The summed E-state index contributed by atoms with van der Waals surface area (Å²) in [6, 6.07) is 5.51. The van der Waals surface area contributed by atoms with Crippen molar-refractivity contribution in [1.29, 1.82) is 0 Å². The predicted molar refractivity (Wildman–Crippen MR) is 109 cm³/mol. The Morgan fingerprint density at radius 1 is 0.714 bits per heavy atom. The van der Waals surface area contributed by atoms with Gasteiger partial charge in [0.05, 0.1) is 0 Å². The molecule has 0 spiro atoms. The highest BCUT2D eigenvalue weighted by molar-refractivity contribution is 5.96. The number of hydrogen-bond donors (Lipinski definition) is 2. The molecule has 1 aromatic heterocycles. The highest BCUT2D eigenvalue weighted by Gasteiger charge is 2.47. The summed E-state index contributed by atoms with van der Waals surface area (Å²) in [4.78, 5) is 30.5. The molecule has 0 unspecified atom stereocenters.